The van der Waals surface area contributed by atoms with Gasteiger partial charge in [-0.15, -0.1) is 0 Å². The minimum atomic E-state index is 0.0370. The van der Waals surface area contributed by atoms with Gasteiger partial charge in [0.2, 0.25) is 5.91 Å². The summed E-state index contributed by atoms with van der Waals surface area (Å²) in [4.78, 5) is 16.9. The molecule has 0 unspecified atom stereocenters. The Labute approximate surface area is 126 Å². The first-order chi connectivity index (χ1) is 10.2. The van der Waals surface area contributed by atoms with Crippen LogP contribution in [0.25, 0.3) is 0 Å². The molecule has 0 spiro atoms. The van der Waals surface area contributed by atoms with Crippen molar-refractivity contribution in [3.05, 3.63) is 29.8 Å². The Kier molecular flexibility index (Phi) is 4.27. The summed E-state index contributed by atoms with van der Waals surface area (Å²) in [7, 11) is 0. The third-order valence-electron chi connectivity index (χ3n) is 4.82. The second-order valence-electron chi connectivity index (χ2n) is 6.29. The van der Waals surface area contributed by atoms with Gasteiger partial charge in [0.1, 0.15) is 0 Å². The van der Waals surface area contributed by atoms with E-state index in [-0.39, 0.29) is 18.6 Å². The Morgan fingerprint density at radius 1 is 1.19 bits per heavy atom. The molecule has 21 heavy (non-hydrogen) atoms. The van der Waals surface area contributed by atoms with E-state index in [2.05, 4.69) is 24.0 Å². The highest BCUT2D eigenvalue weighted by Gasteiger charge is 2.39. The maximum absolute atomic E-state index is 12.7. The fourth-order valence-corrected chi connectivity index (χ4v) is 3.55. The van der Waals surface area contributed by atoms with E-state index in [0.717, 1.165) is 44.6 Å². The number of aryl methyl sites for hydroxylation is 1. The van der Waals surface area contributed by atoms with Crippen LogP contribution in [0.4, 0.5) is 5.69 Å². The van der Waals surface area contributed by atoms with Gasteiger partial charge in [-0.2, -0.15) is 0 Å². The Morgan fingerprint density at radius 2 is 1.95 bits per heavy atom. The molecule has 0 radical (unpaired) electrons. The lowest BCUT2D eigenvalue weighted by molar-refractivity contribution is -0.121. The van der Waals surface area contributed by atoms with Crippen molar-refractivity contribution in [2.45, 2.75) is 32.2 Å². The molecule has 1 N–H and O–H groups in total. The highest BCUT2D eigenvalue weighted by atomic mass is 16.3. The number of carbonyl (C=O) groups excluding carboxylic acids is 1. The van der Waals surface area contributed by atoms with Crippen molar-refractivity contribution in [3.8, 4) is 0 Å². The number of carbonyl (C=O) groups is 1. The van der Waals surface area contributed by atoms with Crippen molar-refractivity contribution in [3.63, 3.8) is 0 Å². The summed E-state index contributed by atoms with van der Waals surface area (Å²) in [6, 6.07) is 8.23. The molecule has 1 aromatic carbocycles. The number of nitrogens with zero attached hydrogens (tertiary/aromatic N) is 2. The van der Waals surface area contributed by atoms with Gasteiger partial charge in [-0.25, -0.2) is 0 Å². The summed E-state index contributed by atoms with van der Waals surface area (Å²) in [5, 5.41) is 9.05. The third-order valence-corrected chi connectivity index (χ3v) is 4.82. The number of anilines is 1. The first kappa shape index (κ1) is 14.5. The first-order valence-electron chi connectivity index (χ1n) is 7.92. The van der Waals surface area contributed by atoms with Crippen LogP contribution in [0.1, 0.15) is 24.8 Å². The lowest BCUT2D eigenvalue weighted by Crippen LogP contribution is -2.40. The molecule has 0 aliphatic carbocycles. The van der Waals surface area contributed by atoms with E-state index in [1.54, 1.807) is 0 Å². The van der Waals surface area contributed by atoms with Gasteiger partial charge in [-0.05, 0) is 50.8 Å². The van der Waals surface area contributed by atoms with Crippen LogP contribution in [0, 0.1) is 12.8 Å². The average Bonchev–Trinajstić information content (AvgIpc) is 3.07. The van der Waals surface area contributed by atoms with E-state index in [1.807, 2.05) is 17.0 Å². The highest BCUT2D eigenvalue weighted by Crippen LogP contribution is 2.29. The molecule has 4 heteroatoms. The molecule has 0 aromatic heterocycles. The average molecular weight is 288 g/mol. The Morgan fingerprint density at radius 3 is 2.67 bits per heavy atom. The number of likely N-dealkylation sites (tertiary alicyclic amines) is 1. The predicted octanol–water partition coefficient (Wildman–Crippen LogP) is 1.80. The third kappa shape index (κ3) is 2.97. The van der Waals surface area contributed by atoms with E-state index < -0.39 is 0 Å². The van der Waals surface area contributed by atoms with Gasteiger partial charge in [0.25, 0.3) is 0 Å². The zero-order chi connectivity index (χ0) is 14.8. The van der Waals surface area contributed by atoms with Gasteiger partial charge in [0.05, 0.1) is 6.04 Å². The van der Waals surface area contributed by atoms with Crippen molar-refractivity contribution in [1.82, 2.24) is 4.90 Å². The van der Waals surface area contributed by atoms with Gasteiger partial charge in [0, 0.05) is 25.4 Å². The molecule has 1 amide bonds. The molecule has 2 aliphatic rings. The Bertz CT molecular complexity index is 500. The second-order valence-corrected chi connectivity index (χ2v) is 6.29. The molecule has 0 saturated carbocycles. The fraction of sp³-hybridized carbons (Fsp3) is 0.588. The van der Waals surface area contributed by atoms with Crippen LogP contribution in [0.5, 0.6) is 0 Å². The molecule has 2 heterocycles. The molecule has 2 fully saturated rings. The fourth-order valence-electron chi connectivity index (χ4n) is 3.55. The maximum Gasteiger partial charge on any atom is 0.244 e. The van der Waals surface area contributed by atoms with E-state index in [9.17, 15) is 4.79 Å². The van der Waals surface area contributed by atoms with E-state index in [4.69, 9.17) is 5.11 Å². The smallest absolute Gasteiger partial charge is 0.244 e. The summed E-state index contributed by atoms with van der Waals surface area (Å²) in [6.07, 6.45) is 2.88. The minimum absolute atomic E-state index is 0.0370. The molecule has 114 valence electrons. The van der Waals surface area contributed by atoms with Gasteiger partial charge in [-0.1, -0.05) is 17.7 Å². The zero-order valence-corrected chi connectivity index (χ0v) is 12.7. The molecular weight excluding hydrogens is 264 g/mol. The standard InChI is InChI=1S/C17H24N2O2/c1-13-2-4-15(5-3-13)19-10-7-16(17(19)21)18-9-6-14(12-18)8-11-20/h2-5,14,16,20H,6-12H2,1H3/t14-,16-/m0/s1. The molecule has 2 atom stereocenters. The van der Waals surface area contributed by atoms with Crippen molar-refractivity contribution in [2.75, 3.05) is 31.1 Å². The molecule has 2 saturated heterocycles. The molecule has 0 bridgehead atoms. The number of hydrogen-bond acceptors (Lipinski definition) is 3. The van der Waals surface area contributed by atoms with Gasteiger partial charge in [-0.3, -0.25) is 9.69 Å². The minimum Gasteiger partial charge on any atom is -0.396 e. The monoisotopic (exact) mass is 288 g/mol. The molecule has 3 rings (SSSR count). The molecular formula is C17H24N2O2. The number of rotatable bonds is 4. The van der Waals surface area contributed by atoms with Crippen LogP contribution in [-0.2, 0) is 4.79 Å². The quantitative estimate of drug-likeness (QED) is 0.919. The topological polar surface area (TPSA) is 43.8 Å². The van der Waals surface area contributed by atoms with Gasteiger partial charge in [0.15, 0.2) is 0 Å². The lowest BCUT2D eigenvalue weighted by atomic mass is 10.1. The van der Waals surface area contributed by atoms with E-state index >= 15 is 0 Å². The number of hydrogen-bond donors (Lipinski definition) is 1. The second kappa shape index (κ2) is 6.16. The van der Waals surface area contributed by atoms with Crippen LogP contribution in [0.3, 0.4) is 0 Å². The van der Waals surface area contributed by atoms with Crippen LogP contribution in [0.2, 0.25) is 0 Å². The van der Waals surface area contributed by atoms with Crippen LogP contribution in [-0.4, -0.2) is 48.2 Å². The molecule has 1 aromatic rings. The normalized spacial score (nSPS) is 26.8. The van der Waals surface area contributed by atoms with Crippen molar-refractivity contribution in [2.24, 2.45) is 5.92 Å². The number of aliphatic hydroxyl groups is 1. The Hall–Kier alpha value is -1.39. The summed E-state index contributed by atoms with van der Waals surface area (Å²) >= 11 is 0. The van der Waals surface area contributed by atoms with Crippen LogP contribution in [0.15, 0.2) is 24.3 Å². The SMILES string of the molecule is Cc1ccc(N2CC[C@H](N3CC[C@@H](CCO)C3)C2=O)cc1. The summed E-state index contributed by atoms with van der Waals surface area (Å²) < 4.78 is 0. The van der Waals surface area contributed by atoms with Gasteiger partial charge >= 0.3 is 0 Å². The maximum atomic E-state index is 12.7. The Balaban J connectivity index is 1.65. The van der Waals surface area contributed by atoms with Crippen LogP contribution < -0.4 is 4.90 Å². The highest BCUT2D eigenvalue weighted by molar-refractivity contribution is 5.99. The van der Waals surface area contributed by atoms with Crippen molar-refractivity contribution < 1.29 is 9.90 Å². The first-order valence-corrected chi connectivity index (χ1v) is 7.92. The summed E-state index contributed by atoms with van der Waals surface area (Å²) in [5.41, 5.74) is 2.23. The number of amides is 1. The molecule has 4 nitrogen and oxygen atoms in total. The van der Waals surface area contributed by atoms with E-state index in [0.29, 0.717) is 5.92 Å². The van der Waals surface area contributed by atoms with Gasteiger partial charge < -0.3 is 10.0 Å². The van der Waals surface area contributed by atoms with Crippen molar-refractivity contribution in [1.29, 1.82) is 0 Å². The van der Waals surface area contributed by atoms with E-state index in [1.165, 1.54) is 5.56 Å². The zero-order valence-electron chi connectivity index (χ0n) is 12.7. The number of aliphatic hydroxyl groups excluding tert-OH is 1. The lowest BCUT2D eigenvalue weighted by Gasteiger charge is -2.23. The number of benzene rings is 1. The summed E-state index contributed by atoms with van der Waals surface area (Å²) in [6.45, 7) is 5.08. The largest absolute Gasteiger partial charge is 0.396 e. The summed E-state index contributed by atoms with van der Waals surface area (Å²) in [5.74, 6) is 0.791. The van der Waals surface area contributed by atoms with Crippen LogP contribution >= 0.6 is 0 Å². The van der Waals surface area contributed by atoms with Crippen molar-refractivity contribution >= 4 is 11.6 Å². The molecule has 2 aliphatic heterocycles. The predicted molar refractivity (Wildman–Crippen MR) is 83.3 cm³/mol.